The van der Waals surface area contributed by atoms with E-state index in [1.807, 2.05) is 0 Å². The summed E-state index contributed by atoms with van der Waals surface area (Å²) in [6, 6.07) is 0.0766. The Bertz CT molecular complexity index is 357. The predicted molar refractivity (Wildman–Crippen MR) is 102 cm³/mol. The highest BCUT2D eigenvalue weighted by molar-refractivity contribution is 4.81. The molecule has 0 aromatic carbocycles. The van der Waals surface area contributed by atoms with Crippen molar-refractivity contribution in [3.8, 4) is 0 Å². The molecule has 0 radical (unpaired) electrons. The number of hydrogen-bond acceptors (Lipinski definition) is 5. The predicted octanol–water partition coefficient (Wildman–Crippen LogP) is 3.94. The van der Waals surface area contributed by atoms with Crippen LogP contribution in [-0.2, 0) is 4.84 Å². The van der Waals surface area contributed by atoms with Gasteiger partial charge in [0.15, 0.2) is 0 Å². The lowest BCUT2D eigenvalue weighted by Gasteiger charge is -2.39. The first-order chi connectivity index (χ1) is 12.4. The number of hydroxylamine groups is 3. The van der Waals surface area contributed by atoms with E-state index in [0.29, 0.717) is 12.1 Å². The minimum atomic E-state index is 0.0766. The molecule has 2 saturated carbocycles. The zero-order valence-corrected chi connectivity index (χ0v) is 15.9. The van der Waals surface area contributed by atoms with Crippen LogP contribution in [0.25, 0.3) is 0 Å². The van der Waals surface area contributed by atoms with Crippen molar-refractivity contribution in [2.24, 2.45) is 11.8 Å². The summed E-state index contributed by atoms with van der Waals surface area (Å²) in [6.45, 7) is 2.71. The van der Waals surface area contributed by atoms with E-state index >= 15 is 0 Å². The molecule has 0 aromatic heterocycles. The first-order valence-electron chi connectivity index (χ1n) is 10.9. The molecule has 0 spiro atoms. The molecule has 3 fully saturated rings. The van der Waals surface area contributed by atoms with Gasteiger partial charge >= 0.3 is 0 Å². The lowest BCUT2D eigenvalue weighted by Crippen LogP contribution is -2.51. The van der Waals surface area contributed by atoms with Crippen molar-refractivity contribution >= 4 is 0 Å². The van der Waals surface area contributed by atoms with Gasteiger partial charge in [0.2, 0.25) is 0 Å². The summed E-state index contributed by atoms with van der Waals surface area (Å²) in [5.74, 6) is 1.42. The summed E-state index contributed by atoms with van der Waals surface area (Å²) in [4.78, 5) is 6.41. The Morgan fingerprint density at radius 3 is 2.32 bits per heavy atom. The van der Waals surface area contributed by atoms with Crippen molar-refractivity contribution < 1.29 is 4.84 Å². The van der Waals surface area contributed by atoms with E-state index in [1.54, 1.807) is 0 Å². The van der Waals surface area contributed by atoms with Crippen LogP contribution >= 0.6 is 0 Å². The molecule has 2 aliphatic carbocycles. The maximum absolute atomic E-state index is 11.2. The normalized spacial score (nSPS) is 32.0. The fourth-order valence-corrected chi connectivity index (χ4v) is 4.94. The minimum Gasteiger partial charge on any atom is -0.788 e. The molecule has 0 bridgehead atoms. The average molecular weight is 353 g/mol. The highest BCUT2D eigenvalue weighted by atomic mass is 16.7. The van der Waals surface area contributed by atoms with Gasteiger partial charge in [-0.15, -0.1) is 0 Å². The number of nitrogens with one attached hydrogen (secondary N) is 2. The minimum absolute atomic E-state index is 0.0766. The third-order valence-corrected chi connectivity index (χ3v) is 6.55. The Hall–Kier alpha value is -0.200. The Morgan fingerprint density at radius 2 is 1.60 bits per heavy atom. The molecule has 1 heterocycles. The summed E-state index contributed by atoms with van der Waals surface area (Å²) >= 11 is 0. The Kier molecular flexibility index (Phi) is 8.47. The van der Waals surface area contributed by atoms with Crippen molar-refractivity contribution in [2.45, 2.75) is 95.7 Å². The molecule has 2 N–H and O–H groups in total. The molecule has 3 rings (SSSR count). The first-order valence-corrected chi connectivity index (χ1v) is 10.9. The van der Waals surface area contributed by atoms with Crippen molar-refractivity contribution in [2.75, 3.05) is 19.7 Å². The topological polar surface area (TPSA) is 59.6 Å². The van der Waals surface area contributed by atoms with Crippen LogP contribution in [0, 0.1) is 17.0 Å². The van der Waals surface area contributed by atoms with Crippen molar-refractivity contribution in [3.05, 3.63) is 5.21 Å². The van der Waals surface area contributed by atoms with Crippen molar-refractivity contribution in [1.29, 1.82) is 0 Å². The summed E-state index contributed by atoms with van der Waals surface area (Å²) in [7, 11) is 0. The summed E-state index contributed by atoms with van der Waals surface area (Å²) < 4.78 is 0. The number of hydrogen-bond donors (Lipinski definition) is 2. The molecule has 5 heteroatoms. The SMILES string of the molecule is [O-]NC1CCCNC(C2CCCCC2)N(OCC2CCCCC2)CC1. The molecule has 1 aliphatic heterocycles. The number of nitrogens with zero attached hydrogens (tertiary/aromatic N) is 1. The van der Waals surface area contributed by atoms with Crippen LogP contribution in [-0.4, -0.2) is 37.0 Å². The quantitative estimate of drug-likeness (QED) is 0.734. The second kappa shape index (κ2) is 10.8. The van der Waals surface area contributed by atoms with Crippen LogP contribution in [0.5, 0.6) is 0 Å². The van der Waals surface area contributed by atoms with Crippen LogP contribution in [0.15, 0.2) is 0 Å². The van der Waals surface area contributed by atoms with E-state index in [-0.39, 0.29) is 6.04 Å². The second-order valence-electron chi connectivity index (χ2n) is 8.48. The van der Waals surface area contributed by atoms with Gasteiger partial charge in [-0.1, -0.05) is 38.5 Å². The van der Waals surface area contributed by atoms with Gasteiger partial charge in [-0.25, -0.2) is 0 Å². The average Bonchev–Trinajstić information content (AvgIpc) is 2.78. The molecule has 146 valence electrons. The van der Waals surface area contributed by atoms with Gasteiger partial charge in [-0.05, 0) is 69.4 Å². The van der Waals surface area contributed by atoms with Crippen LogP contribution in [0.4, 0.5) is 0 Å². The van der Waals surface area contributed by atoms with Gasteiger partial charge in [0.1, 0.15) is 0 Å². The monoisotopic (exact) mass is 352 g/mol. The van der Waals surface area contributed by atoms with Crippen LogP contribution in [0.3, 0.4) is 0 Å². The smallest absolute Gasteiger partial charge is 0.0871 e. The Balaban J connectivity index is 1.61. The molecule has 2 unspecified atom stereocenters. The largest absolute Gasteiger partial charge is 0.788 e. The molecule has 0 amide bonds. The van der Waals surface area contributed by atoms with E-state index in [9.17, 15) is 5.21 Å². The fourth-order valence-electron chi connectivity index (χ4n) is 4.94. The van der Waals surface area contributed by atoms with Crippen molar-refractivity contribution in [1.82, 2.24) is 15.9 Å². The standard InChI is InChI=1S/C20H38N3O2/c24-22-19-12-7-14-21-20(18-10-5-2-6-11-18)23(15-13-19)25-16-17-8-3-1-4-9-17/h17-22H,1-16H2/q-1. The van der Waals surface area contributed by atoms with Gasteiger partial charge in [-0.2, -0.15) is 5.06 Å². The lowest BCUT2D eigenvalue weighted by atomic mass is 9.86. The maximum Gasteiger partial charge on any atom is 0.0871 e. The third-order valence-electron chi connectivity index (χ3n) is 6.55. The highest BCUT2D eigenvalue weighted by Crippen LogP contribution is 2.30. The zero-order valence-electron chi connectivity index (χ0n) is 15.9. The third kappa shape index (κ3) is 6.17. The van der Waals surface area contributed by atoms with Gasteiger partial charge in [-0.3, -0.25) is 10.2 Å². The van der Waals surface area contributed by atoms with Crippen LogP contribution in [0.2, 0.25) is 0 Å². The molecule has 5 nitrogen and oxygen atoms in total. The summed E-state index contributed by atoms with van der Waals surface area (Å²) in [5, 5.41) is 17.2. The number of rotatable bonds is 5. The van der Waals surface area contributed by atoms with Gasteiger partial charge in [0.25, 0.3) is 0 Å². The van der Waals surface area contributed by atoms with Gasteiger partial charge < -0.3 is 10.7 Å². The summed E-state index contributed by atoms with van der Waals surface area (Å²) in [5.41, 5.74) is 2.26. The summed E-state index contributed by atoms with van der Waals surface area (Å²) in [6.07, 6.45) is 16.7. The Morgan fingerprint density at radius 1 is 0.880 bits per heavy atom. The molecular formula is C20H38N3O2-. The maximum atomic E-state index is 11.2. The molecule has 0 aromatic rings. The highest BCUT2D eigenvalue weighted by Gasteiger charge is 2.31. The van der Waals surface area contributed by atoms with E-state index in [1.165, 1.54) is 64.2 Å². The zero-order chi connectivity index (χ0) is 17.3. The van der Waals surface area contributed by atoms with Gasteiger partial charge in [0, 0.05) is 6.54 Å². The van der Waals surface area contributed by atoms with Crippen molar-refractivity contribution in [3.63, 3.8) is 0 Å². The van der Waals surface area contributed by atoms with Crippen LogP contribution < -0.4 is 10.8 Å². The lowest BCUT2D eigenvalue weighted by molar-refractivity contribution is -0.216. The molecule has 2 atom stereocenters. The van der Waals surface area contributed by atoms with E-state index in [4.69, 9.17) is 4.84 Å². The first kappa shape index (κ1) is 19.6. The molecule has 1 saturated heterocycles. The van der Waals surface area contributed by atoms with Crippen LogP contribution in [0.1, 0.15) is 83.5 Å². The molecule has 3 aliphatic rings. The van der Waals surface area contributed by atoms with E-state index < -0.39 is 0 Å². The van der Waals surface area contributed by atoms with Gasteiger partial charge in [0.05, 0.1) is 12.8 Å². The molecule has 25 heavy (non-hydrogen) atoms. The second-order valence-corrected chi connectivity index (χ2v) is 8.48. The fraction of sp³-hybridized carbons (Fsp3) is 1.00. The van der Waals surface area contributed by atoms with E-state index in [0.717, 1.165) is 44.9 Å². The molecular weight excluding hydrogens is 314 g/mol. The Labute approximate surface area is 153 Å². The van der Waals surface area contributed by atoms with E-state index in [2.05, 4.69) is 15.9 Å².